The number of halogens is 5. The lowest BCUT2D eigenvalue weighted by atomic mass is 9.97. The third-order valence-electron chi connectivity index (χ3n) is 5.84. The van der Waals surface area contributed by atoms with Crippen LogP contribution in [0, 0.1) is 11.6 Å². The number of aromatic nitrogens is 2. The number of alkyl halides is 3. The van der Waals surface area contributed by atoms with Crippen LogP contribution in [0.25, 0.3) is 27.6 Å². The molecule has 0 spiro atoms. The number of allylic oxidation sites excluding steroid dienone is 5. The fraction of sp³-hybridized carbons (Fsp3) is 0.138. The van der Waals surface area contributed by atoms with Crippen LogP contribution in [0.2, 0.25) is 0 Å². The first kappa shape index (κ1) is 25.9. The van der Waals surface area contributed by atoms with E-state index in [9.17, 15) is 26.7 Å². The standard InChI is InChI=1S/C29H23F5N2O/c1-4-5-19(14-17(2)3)27-25(18-7-10-22(30)11-8-18)26-24(12-13-35-28(26)37)36(27)16-20-6-9-21(15-23(20)31)29(32,33)34/h4-15H,1,16H2,2-3H3,(H,35,37)/b19-5+. The predicted octanol–water partition coefficient (Wildman–Crippen LogP) is 7.88. The van der Waals surface area contributed by atoms with Gasteiger partial charge < -0.3 is 9.55 Å². The maximum absolute atomic E-state index is 14.9. The van der Waals surface area contributed by atoms with Crippen molar-refractivity contribution in [1.82, 2.24) is 9.55 Å². The van der Waals surface area contributed by atoms with Crippen molar-refractivity contribution >= 4 is 16.5 Å². The zero-order valence-corrected chi connectivity index (χ0v) is 20.1. The Morgan fingerprint density at radius 1 is 1.05 bits per heavy atom. The molecule has 0 unspecified atom stereocenters. The molecular formula is C29H23F5N2O. The second-order valence-electron chi connectivity index (χ2n) is 8.77. The molecule has 4 rings (SSSR count). The van der Waals surface area contributed by atoms with Gasteiger partial charge in [0.05, 0.1) is 28.7 Å². The van der Waals surface area contributed by atoms with Gasteiger partial charge in [-0.1, -0.05) is 48.6 Å². The van der Waals surface area contributed by atoms with E-state index in [-0.39, 0.29) is 17.5 Å². The minimum Gasteiger partial charge on any atom is -0.335 e. The van der Waals surface area contributed by atoms with Gasteiger partial charge in [0.15, 0.2) is 0 Å². The molecule has 190 valence electrons. The quantitative estimate of drug-likeness (QED) is 0.208. The number of pyridine rings is 1. The average Bonchev–Trinajstić information content (AvgIpc) is 3.15. The van der Waals surface area contributed by atoms with Crippen LogP contribution in [0.5, 0.6) is 0 Å². The molecule has 3 nitrogen and oxygen atoms in total. The number of rotatable bonds is 6. The molecule has 8 heteroatoms. The molecule has 0 saturated heterocycles. The van der Waals surface area contributed by atoms with Gasteiger partial charge in [0.1, 0.15) is 11.6 Å². The molecule has 1 N–H and O–H groups in total. The third kappa shape index (κ3) is 5.18. The summed E-state index contributed by atoms with van der Waals surface area (Å²) in [5.74, 6) is -1.48. The first-order chi connectivity index (χ1) is 17.5. The number of nitrogens with zero attached hydrogens (tertiary/aromatic N) is 1. The van der Waals surface area contributed by atoms with Gasteiger partial charge >= 0.3 is 6.18 Å². The zero-order chi connectivity index (χ0) is 26.9. The van der Waals surface area contributed by atoms with Crippen molar-refractivity contribution in [2.45, 2.75) is 26.6 Å². The summed E-state index contributed by atoms with van der Waals surface area (Å²) in [6.07, 6.45) is 1.91. The Hall–Kier alpha value is -4.20. The Morgan fingerprint density at radius 2 is 1.76 bits per heavy atom. The average molecular weight is 511 g/mol. The summed E-state index contributed by atoms with van der Waals surface area (Å²) >= 11 is 0. The molecule has 0 radical (unpaired) electrons. The van der Waals surface area contributed by atoms with Crippen LogP contribution in [0.15, 0.2) is 89.9 Å². The van der Waals surface area contributed by atoms with E-state index in [2.05, 4.69) is 11.6 Å². The number of benzene rings is 2. The molecular weight excluding hydrogens is 487 g/mol. The molecule has 0 aliphatic carbocycles. The molecule has 2 aromatic carbocycles. The van der Waals surface area contributed by atoms with E-state index in [1.807, 2.05) is 19.9 Å². The maximum atomic E-state index is 14.9. The van der Waals surface area contributed by atoms with Crippen molar-refractivity contribution < 1.29 is 22.0 Å². The van der Waals surface area contributed by atoms with Gasteiger partial charge in [-0.05, 0) is 55.3 Å². The van der Waals surface area contributed by atoms with E-state index in [1.165, 1.54) is 30.5 Å². The fourth-order valence-corrected chi connectivity index (χ4v) is 4.33. The van der Waals surface area contributed by atoms with Crippen LogP contribution >= 0.6 is 0 Å². The highest BCUT2D eigenvalue weighted by Crippen LogP contribution is 2.39. The van der Waals surface area contributed by atoms with Gasteiger partial charge in [0.25, 0.3) is 5.56 Å². The fourth-order valence-electron chi connectivity index (χ4n) is 4.33. The number of fused-ring (bicyclic) bond motifs is 1. The van der Waals surface area contributed by atoms with Crippen molar-refractivity contribution in [1.29, 1.82) is 0 Å². The molecule has 0 bridgehead atoms. The Bertz CT molecular complexity index is 1600. The van der Waals surface area contributed by atoms with E-state index in [0.717, 1.165) is 17.7 Å². The van der Waals surface area contributed by atoms with Gasteiger partial charge in [0, 0.05) is 17.3 Å². The molecule has 0 fully saturated rings. The minimum absolute atomic E-state index is 0.00670. The van der Waals surface area contributed by atoms with E-state index in [4.69, 9.17) is 0 Å². The van der Waals surface area contributed by atoms with Gasteiger partial charge in [-0.15, -0.1) is 0 Å². The van der Waals surface area contributed by atoms with Crippen LogP contribution in [-0.4, -0.2) is 9.55 Å². The lowest BCUT2D eigenvalue weighted by Gasteiger charge is -2.16. The molecule has 4 aromatic rings. The smallest absolute Gasteiger partial charge is 0.335 e. The van der Waals surface area contributed by atoms with Crippen molar-refractivity contribution in [2.75, 3.05) is 0 Å². The summed E-state index contributed by atoms with van der Waals surface area (Å²) < 4.78 is 69.7. The molecule has 0 aliphatic heterocycles. The summed E-state index contributed by atoms with van der Waals surface area (Å²) in [5, 5.41) is 0.286. The van der Waals surface area contributed by atoms with Crippen molar-refractivity contribution in [3.05, 3.63) is 124 Å². The summed E-state index contributed by atoms with van der Waals surface area (Å²) in [6, 6.07) is 9.65. The summed E-state index contributed by atoms with van der Waals surface area (Å²) in [4.78, 5) is 15.7. The van der Waals surface area contributed by atoms with Crippen molar-refractivity contribution in [3.8, 4) is 11.1 Å². The number of hydrogen-bond donors (Lipinski definition) is 1. The normalized spacial score (nSPS) is 12.1. The second-order valence-corrected chi connectivity index (χ2v) is 8.77. The van der Waals surface area contributed by atoms with E-state index in [0.29, 0.717) is 34.0 Å². The van der Waals surface area contributed by atoms with Gasteiger partial charge in [-0.2, -0.15) is 13.2 Å². The SMILES string of the molecule is C=C/C=C(\C=C(C)C)c1c(-c2ccc(F)cc2)c2c(=O)[nH]ccc2n1Cc1ccc(C(F)(F)F)cc1F. The number of aromatic amines is 1. The Labute approximate surface area is 209 Å². The monoisotopic (exact) mass is 510 g/mol. The lowest BCUT2D eigenvalue weighted by Crippen LogP contribution is -2.10. The topological polar surface area (TPSA) is 37.8 Å². The van der Waals surface area contributed by atoms with Crippen molar-refractivity contribution in [3.63, 3.8) is 0 Å². The molecule has 0 amide bonds. The zero-order valence-electron chi connectivity index (χ0n) is 20.1. The lowest BCUT2D eigenvalue weighted by molar-refractivity contribution is -0.137. The van der Waals surface area contributed by atoms with Crippen LogP contribution in [0.4, 0.5) is 22.0 Å². The van der Waals surface area contributed by atoms with Gasteiger partial charge in [-0.3, -0.25) is 4.79 Å². The van der Waals surface area contributed by atoms with Crippen LogP contribution in [0.3, 0.4) is 0 Å². The Morgan fingerprint density at radius 3 is 2.35 bits per heavy atom. The number of hydrogen-bond acceptors (Lipinski definition) is 1. The highest BCUT2D eigenvalue weighted by molar-refractivity contribution is 6.03. The van der Waals surface area contributed by atoms with E-state index < -0.39 is 28.9 Å². The number of nitrogens with one attached hydrogen (secondary N) is 1. The Balaban J connectivity index is 2.09. The Kier molecular flexibility index (Phi) is 7.03. The van der Waals surface area contributed by atoms with Crippen molar-refractivity contribution in [2.24, 2.45) is 0 Å². The van der Waals surface area contributed by atoms with E-state index >= 15 is 0 Å². The molecule has 0 aliphatic rings. The molecule has 0 atom stereocenters. The minimum atomic E-state index is -4.68. The second kappa shape index (κ2) is 10.0. The summed E-state index contributed by atoms with van der Waals surface area (Å²) in [5.41, 5.74) is 2.03. The first-order valence-corrected chi connectivity index (χ1v) is 11.3. The first-order valence-electron chi connectivity index (χ1n) is 11.3. The largest absolute Gasteiger partial charge is 0.416 e. The molecule has 2 heterocycles. The maximum Gasteiger partial charge on any atom is 0.416 e. The highest BCUT2D eigenvalue weighted by atomic mass is 19.4. The van der Waals surface area contributed by atoms with Gasteiger partial charge in [0.2, 0.25) is 0 Å². The summed E-state index contributed by atoms with van der Waals surface area (Å²) in [6.45, 7) is 7.38. The molecule has 2 aromatic heterocycles. The third-order valence-corrected chi connectivity index (χ3v) is 5.84. The predicted molar refractivity (Wildman–Crippen MR) is 136 cm³/mol. The van der Waals surface area contributed by atoms with Gasteiger partial charge in [-0.25, -0.2) is 8.78 Å². The molecule has 37 heavy (non-hydrogen) atoms. The highest BCUT2D eigenvalue weighted by Gasteiger charge is 2.31. The number of H-pyrrole nitrogens is 1. The van der Waals surface area contributed by atoms with Crippen LogP contribution in [-0.2, 0) is 12.7 Å². The molecule has 0 saturated carbocycles. The van der Waals surface area contributed by atoms with Crippen LogP contribution in [0.1, 0.15) is 30.7 Å². The van der Waals surface area contributed by atoms with Crippen LogP contribution < -0.4 is 5.56 Å². The summed E-state index contributed by atoms with van der Waals surface area (Å²) in [7, 11) is 0. The van der Waals surface area contributed by atoms with E-state index in [1.54, 1.807) is 22.8 Å².